The van der Waals surface area contributed by atoms with Crippen LogP contribution in [0.25, 0.3) is 10.8 Å². The van der Waals surface area contributed by atoms with E-state index in [0.29, 0.717) is 31.5 Å². The number of sulfonamides is 1. The number of fused-ring (bicyclic) bond motifs is 1. The van der Waals surface area contributed by atoms with Gasteiger partial charge in [-0.2, -0.15) is 0 Å². The summed E-state index contributed by atoms with van der Waals surface area (Å²) in [4.78, 5) is 14.0. The molecule has 0 aromatic heterocycles. The largest absolute Gasteiger partial charge is 0.371 e. The van der Waals surface area contributed by atoms with Crippen LogP contribution in [0.1, 0.15) is 28.8 Å². The number of piperidine rings is 1. The van der Waals surface area contributed by atoms with Crippen molar-refractivity contribution in [3.8, 4) is 0 Å². The normalized spacial score (nSPS) is 15.2. The summed E-state index contributed by atoms with van der Waals surface area (Å²) in [7, 11) is -3.60. The van der Waals surface area contributed by atoms with E-state index in [1.54, 1.807) is 29.7 Å². The molecule has 3 aromatic rings. The lowest BCUT2D eigenvalue weighted by molar-refractivity contribution is 0.0706. The first-order valence-corrected chi connectivity index (χ1v) is 11.7. The van der Waals surface area contributed by atoms with Crippen molar-refractivity contribution < 1.29 is 18.4 Å². The lowest BCUT2D eigenvalue weighted by Gasteiger charge is -2.34. The van der Waals surface area contributed by atoms with Crippen molar-refractivity contribution in [1.82, 2.24) is 10.2 Å². The van der Waals surface area contributed by atoms with E-state index in [4.69, 9.17) is 5.21 Å². The second-order valence-corrected chi connectivity index (χ2v) is 9.55. The van der Waals surface area contributed by atoms with Crippen molar-refractivity contribution in [3.63, 3.8) is 0 Å². The van der Waals surface area contributed by atoms with E-state index in [2.05, 4.69) is 9.62 Å². The summed E-state index contributed by atoms with van der Waals surface area (Å²) < 4.78 is 28.7. The predicted octanol–water partition coefficient (Wildman–Crippen LogP) is 3.21. The first-order chi connectivity index (χ1) is 14.9. The Balaban J connectivity index is 1.42. The number of benzene rings is 3. The van der Waals surface area contributed by atoms with Crippen LogP contribution in [-0.4, -0.2) is 38.7 Å². The molecule has 1 heterocycles. The summed E-state index contributed by atoms with van der Waals surface area (Å²) in [5, 5.41) is 10.7. The molecular weight excluding hydrogens is 414 g/mol. The van der Waals surface area contributed by atoms with Crippen LogP contribution in [0.15, 0.2) is 65.6 Å². The van der Waals surface area contributed by atoms with Gasteiger partial charge in [0.05, 0.1) is 4.90 Å². The number of amides is 1. The molecule has 0 spiro atoms. The quantitative estimate of drug-likeness (QED) is 0.419. The Labute approximate surface area is 181 Å². The number of carbonyl (C=O) groups excluding carboxylic acids is 1. The Morgan fingerprint density at radius 3 is 2.39 bits per heavy atom. The number of hydroxylamine groups is 1. The van der Waals surface area contributed by atoms with Crippen LogP contribution < -0.4 is 15.1 Å². The molecule has 1 aliphatic rings. The molecule has 4 rings (SSSR count). The average Bonchev–Trinajstić information content (AvgIpc) is 2.78. The molecule has 0 unspecified atom stereocenters. The SMILES string of the molecule is Cc1cc(C(=O)NO)ccc1N1CCC(NS(=O)(=O)c2ccc3ccccc3c2)CC1. The monoisotopic (exact) mass is 439 g/mol. The maximum Gasteiger partial charge on any atom is 0.274 e. The minimum Gasteiger partial charge on any atom is -0.371 e. The molecule has 3 N–H and O–H groups in total. The van der Waals surface area contributed by atoms with Crippen LogP contribution in [-0.2, 0) is 10.0 Å². The molecule has 1 fully saturated rings. The highest BCUT2D eigenvalue weighted by Crippen LogP contribution is 2.26. The maximum absolute atomic E-state index is 12.9. The summed E-state index contributed by atoms with van der Waals surface area (Å²) >= 11 is 0. The summed E-state index contributed by atoms with van der Waals surface area (Å²) in [5.41, 5.74) is 3.96. The molecule has 31 heavy (non-hydrogen) atoms. The third-order valence-electron chi connectivity index (χ3n) is 5.75. The van der Waals surface area contributed by atoms with Crippen LogP contribution in [0.3, 0.4) is 0 Å². The van der Waals surface area contributed by atoms with Crippen molar-refractivity contribution in [2.24, 2.45) is 0 Å². The maximum atomic E-state index is 12.9. The van der Waals surface area contributed by atoms with Gasteiger partial charge in [-0.25, -0.2) is 18.6 Å². The minimum absolute atomic E-state index is 0.132. The second kappa shape index (κ2) is 8.66. The summed E-state index contributed by atoms with van der Waals surface area (Å²) in [6.07, 6.45) is 1.37. The number of hydrogen-bond donors (Lipinski definition) is 3. The van der Waals surface area contributed by atoms with E-state index in [-0.39, 0.29) is 10.9 Å². The molecule has 0 saturated carbocycles. The molecule has 1 saturated heterocycles. The van der Waals surface area contributed by atoms with Crippen LogP contribution in [0.2, 0.25) is 0 Å². The Morgan fingerprint density at radius 2 is 1.71 bits per heavy atom. The van der Waals surface area contributed by atoms with Crippen LogP contribution in [0.5, 0.6) is 0 Å². The van der Waals surface area contributed by atoms with Gasteiger partial charge >= 0.3 is 0 Å². The number of carbonyl (C=O) groups is 1. The molecule has 0 atom stereocenters. The molecule has 3 aromatic carbocycles. The Hall–Kier alpha value is -2.94. The lowest BCUT2D eigenvalue weighted by Crippen LogP contribution is -2.44. The highest BCUT2D eigenvalue weighted by Gasteiger charge is 2.25. The molecular formula is C23H25N3O4S. The fourth-order valence-electron chi connectivity index (χ4n) is 4.08. The molecule has 1 amide bonds. The van der Waals surface area contributed by atoms with Gasteiger partial charge in [0, 0.05) is 30.4 Å². The second-order valence-electron chi connectivity index (χ2n) is 7.83. The zero-order chi connectivity index (χ0) is 22.0. The van der Waals surface area contributed by atoms with Crippen molar-refractivity contribution >= 4 is 32.4 Å². The molecule has 1 aliphatic heterocycles. The average molecular weight is 440 g/mol. The predicted molar refractivity (Wildman–Crippen MR) is 120 cm³/mol. The van der Waals surface area contributed by atoms with Gasteiger partial charge < -0.3 is 4.90 Å². The van der Waals surface area contributed by atoms with E-state index in [9.17, 15) is 13.2 Å². The minimum atomic E-state index is -3.60. The molecule has 0 aliphatic carbocycles. The first kappa shape index (κ1) is 21.3. The summed E-state index contributed by atoms with van der Waals surface area (Å²) in [5.74, 6) is -0.545. The Bertz CT molecular complexity index is 1220. The zero-order valence-corrected chi connectivity index (χ0v) is 18.0. The van der Waals surface area contributed by atoms with Gasteiger partial charge in [-0.05, 0) is 66.4 Å². The van der Waals surface area contributed by atoms with Gasteiger partial charge in [0.25, 0.3) is 5.91 Å². The van der Waals surface area contributed by atoms with E-state index in [1.165, 1.54) is 0 Å². The lowest BCUT2D eigenvalue weighted by atomic mass is 10.0. The van der Waals surface area contributed by atoms with Crippen molar-refractivity contribution in [3.05, 3.63) is 71.8 Å². The number of aryl methyl sites for hydroxylation is 1. The number of anilines is 1. The highest BCUT2D eigenvalue weighted by molar-refractivity contribution is 7.89. The van der Waals surface area contributed by atoms with Crippen molar-refractivity contribution in [2.45, 2.75) is 30.7 Å². The van der Waals surface area contributed by atoms with Crippen LogP contribution >= 0.6 is 0 Å². The third kappa shape index (κ3) is 4.56. The van der Waals surface area contributed by atoms with E-state index in [1.807, 2.05) is 43.3 Å². The number of nitrogens with zero attached hydrogens (tertiary/aromatic N) is 1. The van der Waals surface area contributed by atoms with Crippen molar-refractivity contribution in [2.75, 3.05) is 18.0 Å². The fraction of sp³-hybridized carbons (Fsp3) is 0.261. The van der Waals surface area contributed by atoms with Gasteiger partial charge in [0.2, 0.25) is 10.0 Å². The number of rotatable bonds is 5. The van der Waals surface area contributed by atoms with Crippen LogP contribution in [0.4, 0.5) is 5.69 Å². The first-order valence-electron chi connectivity index (χ1n) is 10.2. The molecule has 7 nitrogen and oxygen atoms in total. The summed E-state index contributed by atoms with van der Waals surface area (Å²) in [6.45, 7) is 3.33. The number of nitrogens with one attached hydrogen (secondary N) is 2. The third-order valence-corrected chi connectivity index (χ3v) is 7.27. The van der Waals surface area contributed by atoms with Gasteiger partial charge in [0.1, 0.15) is 0 Å². The van der Waals surface area contributed by atoms with E-state index < -0.39 is 15.9 Å². The van der Waals surface area contributed by atoms with Crippen LogP contribution in [0, 0.1) is 6.92 Å². The number of hydrogen-bond acceptors (Lipinski definition) is 5. The van der Waals surface area contributed by atoms with Gasteiger partial charge in [-0.15, -0.1) is 0 Å². The van der Waals surface area contributed by atoms with Crippen molar-refractivity contribution in [1.29, 1.82) is 0 Å². The molecule has 0 bridgehead atoms. The van der Waals surface area contributed by atoms with Gasteiger partial charge in [-0.3, -0.25) is 10.0 Å². The molecule has 0 radical (unpaired) electrons. The van der Waals surface area contributed by atoms with E-state index in [0.717, 1.165) is 22.0 Å². The standard InChI is InChI=1S/C23H25N3O4S/c1-16-14-19(23(27)24-28)7-9-22(16)26-12-10-20(11-13-26)25-31(29,30)21-8-6-17-4-2-3-5-18(17)15-21/h2-9,14-15,20,25,28H,10-13H2,1H3,(H,24,27). The Kier molecular flexibility index (Phi) is 5.95. The Morgan fingerprint density at radius 1 is 1.00 bits per heavy atom. The van der Waals surface area contributed by atoms with E-state index >= 15 is 0 Å². The highest BCUT2D eigenvalue weighted by atomic mass is 32.2. The molecule has 162 valence electrons. The molecule has 8 heteroatoms. The fourth-order valence-corrected chi connectivity index (χ4v) is 5.42. The smallest absolute Gasteiger partial charge is 0.274 e. The van der Waals surface area contributed by atoms with Gasteiger partial charge in [0.15, 0.2) is 0 Å². The zero-order valence-electron chi connectivity index (χ0n) is 17.2. The summed E-state index contributed by atoms with van der Waals surface area (Å²) in [6, 6.07) is 18.0. The van der Waals surface area contributed by atoms with Gasteiger partial charge in [-0.1, -0.05) is 30.3 Å². The topological polar surface area (TPSA) is 98.7 Å².